The van der Waals surface area contributed by atoms with Crippen molar-refractivity contribution in [3.05, 3.63) is 71.2 Å². The van der Waals surface area contributed by atoms with Crippen molar-refractivity contribution < 1.29 is 14.4 Å². The second-order valence-electron chi connectivity index (χ2n) is 9.32. The second-order valence-corrected chi connectivity index (χ2v) is 10.4. The molecule has 8 nitrogen and oxygen atoms in total. The van der Waals surface area contributed by atoms with Crippen LogP contribution in [-0.2, 0) is 27.2 Å². The number of anilines is 2. The molecule has 1 atom stereocenters. The van der Waals surface area contributed by atoms with Gasteiger partial charge in [0.2, 0.25) is 22.9 Å². The molecule has 2 fully saturated rings. The van der Waals surface area contributed by atoms with Crippen LogP contribution in [-0.4, -0.2) is 52.5 Å². The minimum absolute atomic E-state index is 0.00724. The van der Waals surface area contributed by atoms with Crippen LogP contribution in [0.1, 0.15) is 29.8 Å². The van der Waals surface area contributed by atoms with Gasteiger partial charge in [-0.2, -0.15) is 0 Å². The Morgan fingerprint density at radius 1 is 0.917 bits per heavy atom. The van der Waals surface area contributed by atoms with Gasteiger partial charge in [0.1, 0.15) is 5.01 Å². The number of rotatable bonds is 7. The van der Waals surface area contributed by atoms with E-state index in [0.29, 0.717) is 37.6 Å². The van der Waals surface area contributed by atoms with Crippen molar-refractivity contribution in [1.82, 2.24) is 15.1 Å². The summed E-state index contributed by atoms with van der Waals surface area (Å²) in [7, 11) is 0. The van der Waals surface area contributed by atoms with Gasteiger partial charge in [0.05, 0.1) is 5.92 Å². The lowest BCUT2D eigenvalue weighted by Gasteiger charge is -2.32. The summed E-state index contributed by atoms with van der Waals surface area (Å²) in [5, 5.41) is 12.7. The van der Waals surface area contributed by atoms with Gasteiger partial charge in [-0.25, -0.2) is 0 Å². The zero-order valence-corrected chi connectivity index (χ0v) is 20.8. The summed E-state index contributed by atoms with van der Waals surface area (Å²) in [6, 6.07) is 19.7. The van der Waals surface area contributed by atoms with Gasteiger partial charge in [0, 0.05) is 44.1 Å². The molecule has 36 heavy (non-hydrogen) atoms. The third-order valence-corrected chi connectivity index (χ3v) is 7.79. The number of piperidine rings is 1. The number of hydrogen-bond donors (Lipinski definition) is 1. The fourth-order valence-corrected chi connectivity index (χ4v) is 5.60. The van der Waals surface area contributed by atoms with Gasteiger partial charge in [-0.1, -0.05) is 59.9 Å². The summed E-state index contributed by atoms with van der Waals surface area (Å²) >= 11 is 1.41. The Hall–Kier alpha value is -3.59. The third-order valence-electron chi connectivity index (χ3n) is 6.89. The van der Waals surface area contributed by atoms with Crippen LogP contribution < -0.4 is 10.2 Å². The smallest absolute Gasteiger partial charge is 0.229 e. The minimum atomic E-state index is -0.334. The first-order valence-corrected chi connectivity index (χ1v) is 13.2. The number of amides is 3. The maximum atomic E-state index is 13.1. The SMILES string of the molecule is O=C(Nc1nnc(CCc2ccccc2)s1)C1CCN(C(=O)C2CC(=O)N(c3ccccc3)C2)CC1. The number of hydrogen-bond acceptors (Lipinski definition) is 6. The van der Waals surface area contributed by atoms with Crippen molar-refractivity contribution >= 4 is 39.9 Å². The Labute approximate surface area is 214 Å². The highest BCUT2D eigenvalue weighted by atomic mass is 32.1. The fourth-order valence-electron chi connectivity index (χ4n) is 4.86. The molecule has 0 radical (unpaired) electrons. The van der Waals surface area contributed by atoms with Crippen LogP contribution >= 0.6 is 11.3 Å². The van der Waals surface area contributed by atoms with Crippen molar-refractivity contribution in [2.24, 2.45) is 11.8 Å². The molecule has 3 aromatic rings. The number of carbonyl (C=O) groups excluding carboxylic acids is 3. The van der Waals surface area contributed by atoms with Crippen molar-refractivity contribution in [2.75, 3.05) is 29.9 Å². The van der Waals surface area contributed by atoms with Gasteiger partial charge in [-0.3, -0.25) is 14.4 Å². The summed E-state index contributed by atoms with van der Waals surface area (Å²) in [4.78, 5) is 41.9. The molecule has 2 saturated heterocycles. The molecular weight excluding hydrogens is 474 g/mol. The predicted octanol–water partition coefficient (Wildman–Crippen LogP) is 3.55. The first-order chi connectivity index (χ1) is 17.6. The van der Waals surface area contributed by atoms with Crippen LogP contribution in [0.2, 0.25) is 0 Å². The largest absolute Gasteiger partial charge is 0.342 e. The van der Waals surface area contributed by atoms with Crippen LogP contribution in [0.25, 0.3) is 0 Å². The van der Waals surface area contributed by atoms with E-state index in [2.05, 4.69) is 27.6 Å². The minimum Gasteiger partial charge on any atom is -0.342 e. The maximum absolute atomic E-state index is 13.1. The zero-order valence-electron chi connectivity index (χ0n) is 20.0. The van der Waals surface area contributed by atoms with E-state index < -0.39 is 0 Å². The van der Waals surface area contributed by atoms with Gasteiger partial charge < -0.3 is 15.1 Å². The molecule has 1 unspecified atom stereocenters. The van der Waals surface area contributed by atoms with Gasteiger partial charge in [-0.15, -0.1) is 10.2 Å². The van der Waals surface area contributed by atoms with Crippen molar-refractivity contribution in [3.63, 3.8) is 0 Å². The van der Waals surface area contributed by atoms with E-state index in [9.17, 15) is 14.4 Å². The predicted molar refractivity (Wildman–Crippen MR) is 139 cm³/mol. The first-order valence-electron chi connectivity index (χ1n) is 12.4. The van der Waals surface area contributed by atoms with E-state index in [0.717, 1.165) is 23.5 Å². The molecule has 1 aromatic heterocycles. The summed E-state index contributed by atoms with van der Waals surface area (Å²) in [5.74, 6) is -0.587. The average Bonchev–Trinajstić information content (AvgIpc) is 3.54. The number of nitrogens with zero attached hydrogens (tertiary/aromatic N) is 4. The highest BCUT2D eigenvalue weighted by Gasteiger charge is 2.38. The molecule has 3 amide bonds. The molecule has 186 valence electrons. The van der Waals surface area contributed by atoms with E-state index in [1.165, 1.54) is 16.9 Å². The summed E-state index contributed by atoms with van der Waals surface area (Å²) < 4.78 is 0. The van der Waals surface area contributed by atoms with Crippen LogP contribution in [0.5, 0.6) is 0 Å². The molecule has 0 bridgehead atoms. The van der Waals surface area contributed by atoms with Crippen molar-refractivity contribution in [3.8, 4) is 0 Å². The Morgan fingerprint density at radius 3 is 2.33 bits per heavy atom. The van der Waals surface area contributed by atoms with Crippen molar-refractivity contribution in [1.29, 1.82) is 0 Å². The lowest BCUT2D eigenvalue weighted by atomic mass is 9.94. The number of aromatic nitrogens is 2. The molecule has 0 saturated carbocycles. The van der Waals surface area contributed by atoms with E-state index >= 15 is 0 Å². The molecule has 0 spiro atoms. The zero-order chi connectivity index (χ0) is 24.9. The molecule has 2 aliphatic rings. The molecule has 5 rings (SSSR count). The van der Waals surface area contributed by atoms with Crippen LogP contribution in [0.15, 0.2) is 60.7 Å². The Balaban J connectivity index is 1.08. The van der Waals surface area contributed by atoms with Gasteiger partial charge in [0.25, 0.3) is 0 Å². The number of likely N-dealkylation sites (tertiary alicyclic amines) is 1. The standard InChI is InChI=1S/C27H29N5O3S/c33-24-17-21(18-32(24)22-9-5-2-6-10-22)26(35)31-15-13-20(14-16-31)25(34)28-27-30-29-23(36-27)12-11-19-7-3-1-4-8-19/h1-10,20-21H,11-18H2,(H,28,30,34). The lowest BCUT2D eigenvalue weighted by Crippen LogP contribution is -2.44. The summed E-state index contributed by atoms with van der Waals surface area (Å²) in [6.45, 7) is 1.45. The molecule has 9 heteroatoms. The summed E-state index contributed by atoms with van der Waals surface area (Å²) in [6.07, 6.45) is 3.09. The number of nitrogens with one attached hydrogen (secondary N) is 1. The van der Waals surface area contributed by atoms with E-state index in [-0.39, 0.29) is 36.0 Å². The van der Waals surface area contributed by atoms with Gasteiger partial charge >= 0.3 is 0 Å². The Morgan fingerprint density at radius 2 is 1.61 bits per heavy atom. The highest BCUT2D eigenvalue weighted by molar-refractivity contribution is 7.15. The molecule has 1 N–H and O–H groups in total. The normalized spacial score (nSPS) is 18.4. The van der Waals surface area contributed by atoms with Crippen molar-refractivity contribution in [2.45, 2.75) is 32.1 Å². The van der Waals surface area contributed by atoms with Gasteiger partial charge in [0.15, 0.2) is 0 Å². The quantitative estimate of drug-likeness (QED) is 0.532. The molecule has 2 aromatic carbocycles. The Kier molecular flexibility index (Phi) is 7.36. The maximum Gasteiger partial charge on any atom is 0.229 e. The monoisotopic (exact) mass is 503 g/mol. The highest BCUT2D eigenvalue weighted by Crippen LogP contribution is 2.28. The number of aryl methyl sites for hydroxylation is 2. The second kappa shape index (κ2) is 11.0. The third kappa shape index (κ3) is 5.62. The van der Waals surface area contributed by atoms with E-state index in [4.69, 9.17) is 0 Å². The topological polar surface area (TPSA) is 95.5 Å². The van der Waals surface area contributed by atoms with E-state index in [1.54, 1.807) is 4.90 Å². The van der Waals surface area contributed by atoms with Crippen LogP contribution in [0.4, 0.5) is 10.8 Å². The van der Waals surface area contributed by atoms with Crippen LogP contribution in [0, 0.1) is 11.8 Å². The first kappa shape index (κ1) is 24.1. The number of para-hydroxylation sites is 1. The summed E-state index contributed by atoms with van der Waals surface area (Å²) in [5.41, 5.74) is 2.07. The van der Waals surface area contributed by atoms with Gasteiger partial charge in [-0.05, 0) is 37.0 Å². The Bertz CT molecular complexity index is 1210. The van der Waals surface area contributed by atoms with E-state index in [1.807, 2.05) is 53.4 Å². The fraction of sp³-hybridized carbons (Fsp3) is 0.370. The van der Waals surface area contributed by atoms with Crippen LogP contribution in [0.3, 0.4) is 0 Å². The number of carbonyl (C=O) groups is 3. The molecule has 3 heterocycles. The number of benzene rings is 2. The molecular formula is C27H29N5O3S. The molecule has 0 aliphatic carbocycles. The molecule has 2 aliphatic heterocycles. The average molecular weight is 504 g/mol. The lowest BCUT2D eigenvalue weighted by molar-refractivity contribution is -0.138.